The minimum atomic E-state index is -4.11. The summed E-state index contributed by atoms with van der Waals surface area (Å²) in [6, 6.07) is 18.2. The lowest BCUT2D eigenvalue weighted by molar-refractivity contribution is 0.253. The molecule has 1 aliphatic heterocycles. The maximum atomic E-state index is 13.3. The maximum Gasteiger partial charge on any atom is 0.343 e. The zero-order valence-electron chi connectivity index (χ0n) is 15.0. The molecule has 1 heterocycles. The Hall–Kier alpha value is -3.19. The summed E-state index contributed by atoms with van der Waals surface area (Å²) < 4.78 is 40.3. The highest BCUT2D eigenvalue weighted by molar-refractivity contribution is 7.94. The number of anilines is 2. The van der Waals surface area contributed by atoms with Crippen molar-refractivity contribution in [2.75, 3.05) is 9.21 Å². The molecule has 28 heavy (non-hydrogen) atoms. The highest BCUT2D eigenvalue weighted by atomic mass is 32.2. The van der Waals surface area contributed by atoms with Crippen molar-refractivity contribution >= 4 is 27.4 Å². The van der Waals surface area contributed by atoms with Crippen LogP contribution in [0.5, 0.6) is 0 Å². The van der Waals surface area contributed by atoms with Gasteiger partial charge in [0.1, 0.15) is 10.7 Å². The number of halogens is 1. The fourth-order valence-electron chi connectivity index (χ4n) is 3.17. The quantitative estimate of drug-likeness (QED) is 0.656. The first-order chi connectivity index (χ1) is 13.4. The van der Waals surface area contributed by atoms with Crippen molar-refractivity contribution in [1.82, 2.24) is 0 Å². The predicted octanol–water partition coefficient (Wildman–Crippen LogP) is 4.47. The van der Waals surface area contributed by atoms with Crippen LogP contribution in [0.3, 0.4) is 0 Å². The zero-order chi connectivity index (χ0) is 19.9. The molecule has 3 aromatic rings. The van der Waals surface area contributed by atoms with Crippen molar-refractivity contribution in [2.24, 2.45) is 0 Å². The average Bonchev–Trinajstić information content (AvgIpc) is 2.68. The number of hydrogen-bond donors (Lipinski definition) is 0. The molecule has 0 N–H and O–H groups in total. The van der Waals surface area contributed by atoms with Crippen LogP contribution in [-0.2, 0) is 16.6 Å². The van der Waals surface area contributed by atoms with Gasteiger partial charge in [0, 0.05) is 0 Å². The first-order valence-corrected chi connectivity index (χ1v) is 10.1. The Morgan fingerprint density at radius 3 is 2.21 bits per heavy atom. The molecule has 0 fully saturated rings. The van der Waals surface area contributed by atoms with Crippen LogP contribution >= 0.6 is 0 Å². The molecule has 0 saturated heterocycles. The lowest BCUT2D eigenvalue weighted by Crippen LogP contribution is -2.50. The van der Waals surface area contributed by atoms with E-state index >= 15 is 0 Å². The molecule has 0 radical (unpaired) electrons. The van der Waals surface area contributed by atoms with Gasteiger partial charge in [-0.3, -0.25) is 4.90 Å². The molecule has 2 amide bonds. The van der Waals surface area contributed by atoms with E-state index in [1.165, 1.54) is 23.1 Å². The monoisotopic (exact) mass is 396 g/mol. The third-order valence-corrected chi connectivity index (χ3v) is 6.35. The molecule has 7 heteroatoms. The van der Waals surface area contributed by atoms with E-state index in [4.69, 9.17) is 0 Å². The summed E-state index contributed by atoms with van der Waals surface area (Å²) in [6.07, 6.45) is 0. The molecule has 0 spiro atoms. The van der Waals surface area contributed by atoms with Crippen LogP contribution in [0.1, 0.15) is 11.1 Å². The molecule has 142 valence electrons. The van der Waals surface area contributed by atoms with E-state index in [2.05, 4.69) is 0 Å². The summed E-state index contributed by atoms with van der Waals surface area (Å²) in [5.41, 5.74) is 2.37. The number of urea groups is 1. The molecule has 0 bridgehead atoms. The van der Waals surface area contributed by atoms with E-state index in [-0.39, 0.29) is 17.1 Å². The van der Waals surface area contributed by atoms with E-state index < -0.39 is 21.9 Å². The fraction of sp³-hybridized carbons (Fsp3) is 0.0952. The number of nitrogens with zero attached hydrogens (tertiary/aromatic N) is 2. The van der Waals surface area contributed by atoms with Crippen LogP contribution in [-0.4, -0.2) is 14.4 Å². The number of benzene rings is 3. The summed E-state index contributed by atoms with van der Waals surface area (Å²) in [5.74, 6) is -0.512. The number of amides is 2. The Morgan fingerprint density at radius 1 is 0.893 bits per heavy atom. The van der Waals surface area contributed by atoms with Gasteiger partial charge in [-0.25, -0.2) is 17.6 Å². The summed E-state index contributed by atoms with van der Waals surface area (Å²) in [6.45, 7) is 2.18. The second kappa shape index (κ2) is 6.76. The first kappa shape index (κ1) is 18.2. The summed E-state index contributed by atoms with van der Waals surface area (Å²) in [5, 5.41) is 0. The van der Waals surface area contributed by atoms with Gasteiger partial charge in [0.05, 0.1) is 17.9 Å². The van der Waals surface area contributed by atoms with Crippen molar-refractivity contribution in [3.8, 4) is 0 Å². The van der Waals surface area contributed by atoms with Gasteiger partial charge in [-0.1, -0.05) is 42.0 Å². The molecular weight excluding hydrogens is 379 g/mol. The van der Waals surface area contributed by atoms with Gasteiger partial charge in [-0.05, 0) is 48.9 Å². The van der Waals surface area contributed by atoms with Gasteiger partial charge >= 0.3 is 6.03 Å². The first-order valence-electron chi connectivity index (χ1n) is 8.65. The van der Waals surface area contributed by atoms with Crippen LogP contribution in [0.2, 0.25) is 0 Å². The maximum absolute atomic E-state index is 13.3. The molecule has 0 aliphatic carbocycles. The number of sulfonamides is 1. The Labute approximate surface area is 162 Å². The van der Waals surface area contributed by atoms with Crippen molar-refractivity contribution in [3.63, 3.8) is 0 Å². The van der Waals surface area contributed by atoms with E-state index in [0.29, 0.717) is 5.69 Å². The number of carbonyl (C=O) groups excluding carboxylic acids is 1. The number of hydrogen-bond acceptors (Lipinski definition) is 3. The summed E-state index contributed by atoms with van der Waals surface area (Å²) in [4.78, 5) is 14.7. The van der Waals surface area contributed by atoms with Gasteiger partial charge in [0.2, 0.25) is 0 Å². The molecule has 3 aromatic carbocycles. The Balaban J connectivity index is 1.85. The number of carbonyl (C=O) groups is 1. The van der Waals surface area contributed by atoms with Crippen molar-refractivity contribution in [1.29, 1.82) is 0 Å². The van der Waals surface area contributed by atoms with Crippen molar-refractivity contribution in [3.05, 3.63) is 89.7 Å². The van der Waals surface area contributed by atoms with E-state index in [1.807, 2.05) is 31.2 Å². The molecule has 0 aromatic heterocycles. The van der Waals surface area contributed by atoms with Gasteiger partial charge in [0.25, 0.3) is 10.0 Å². The third-order valence-electron chi connectivity index (χ3n) is 4.60. The van der Waals surface area contributed by atoms with Crippen molar-refractivity contribution in [2.45, 2.75) is 18.4 Å². The normalized spacial score (nSPS) is 15.4. The lowest BCUT2D eigenvalue weighted by atomic mass is 10.1. The van der Waals surface area contributed by atoms with Gasteiger partial charge < -0.3 is 0 Å². The minimum absolute atomic E-state index is 0.0334. The van der Waals surface area contributed by atoms with Gasteiger partial charge in [0.15, 0.2) is 0 Å². The Bertz CT molecular complexity index is 1140. The second-order valence-corrected chi connectivity index (χ2v) is 8.32. The molecular formula is C21H17FN2O3S. The average molecular weight is 396 g/mol. The Kier molecular flexibility index (Phi) is 4.39. The van der Waals surface area contributed by atoms with E-state index in [0.717, 1.165) is 27.6 Å². The van der Waals surface area contributed by atoms with Crippen molar-refractivity contribution < 1.29 is 17.6 Å². The SMILES string of the molecule is Cc1ccc(CN2C(=O)N(c3ccc(F)cc3)S(=O)(=O)c3ccccc32)cc1. The van der Waals surface area contributed by atoms with Crippen LogP contribution < -0.4 is 9.21 Å². The smallest absolute Gasteiger partial charge is 0.287 e. The molecule has 5 nitrogen and oxygen atoms in total. The standard InChI is InChI=1S/C21H17FN2O3S/c1-15-6-8-16(9-7-15)14-23-19-4-2-3-5-20(19)28(26,27)24(21(23)25)18-12-10-17(22)11-13-18/h2-13H,14H2,1H3. The largest absolute Gasteiger partial charge is 0.343 e. The van der Waals surface area contributed by atoms with Gasteiger partial charge in [-0.15, -0.1) is 0 Å². The number of aryl methyl sites for hydroxylation is 1. The number of para-hydroxylation sites is 1. The van der Waals surface area contributed by atoms with Gasteiger partial charge in [-0.2, -0.15) is 4.31 Å². The van der Waals surface area contributed by atoms with E-state index in [9.17, 15) is 17.6 Å². The second-order valence-electron chi connectivity index (χ2n) is 6.57. The Morgan fingerprint density at radius 2 is 1.54 bits per heavy atom. The van der Waals surface area contributed by atoms with Crippen LogP contribution in [0.15, 0.2) is 77.7 Å². The van der Waals surface area contributed by atoms with Crippen LogP contribution in [0.25, 0.3) is 0 Å². The fourth-order valence-corrected chi connectivity index (χ4v) is 4.76. The molecule has 1 aliphatic rings. The molecule has 0 unspecified atom stereocenters. The minimum Gasteiger partial charge on any atom is -0.287 e. The number of rotatable bonds is 3. The summed E-state index contributed by atoms with van der Waals surface area (Å²) in [7, 11) is -4.11. The lowest BCUT2D eigenvalue weighted by Gasteiger charge is -2.36. The predicted molar refractivity (Wildman–Crippen MR) is 105 cm³/mol. The summed E-state index contributed by atoms with van der Waals surface area (Å²) >= 11 is 0. The molecule has 0 saturated carbocycles. The number of fused-ring (bicyclic) bond motifs is 1. The molecule has 4 rings (SSSR count). The molecule has 0 atom stereocenters. The third kappa shape index (κ3) is 3.03. The zero-order valence-corrected chi connectivity index (χ0v) is 15.9. The highest BCUT2D eigenvalue weighted by Gasteiger charge is 2.42. The highest BCUT2D eigenvalue weighted by Crippen LogP contribution is 2.37. The van der Waals surface area contributed by atoms with E-state index in [1.54, 1.807) is 18.2 Å². The topological polar surface area (TPSA) is 57.7 Å². The van der Waals surface area contributed by atoms with Crippen LogP contribution in [0, 0.1) is 12.7 Å². The van der Waals surface area contributed by atoms with Crippen LogP contribution in [0.4, 0.5) is 20.6 Å².